The fourth-order valence-electron chi connectivity index (χ4n) is 1.09. The van der Waals surface area contributed by atoms with Crippen LogP contribution < -0.4 is 0 Å². The van der Waals surface area contributed by atoms with E-state index in [-0.39, 0.29) is 6.61 Å². The molecule has 59 valence electrons. The van der Waals surface area contributed by atoms with Gasteiger partial charge in [0.05, 0.1) is 6.61 Å². The summed E-state index contributed by atoms with van der Waals surface area (Å²) in [4.78, 5) is 4.21. The van der Waals surface area contributed by atoms with Crippen molar-refractivity contribution in [1.82, 2.24) is 4.98 Å². The van der Waals surface area contributed by atoms with Gasteiger partial charge in [-0.2, -0.15) is 0 Å². The summed E-state index contributed by atoms with van der Waals surface area (Å²) in [6, 6.07) is 3.90. The van der Waals surface area contributed by atoms with Crippen LogP contribution in [0.5, 0.6) is 0 Å². The zero-order chi connectivity index (χ0) is 8.27. The van der Waals surface area contributed by atoms with Gasteiger partial charge in [0.15, 0.2) is 0 Å². The Morgan fingerprint density at radius 1 is 1.36 bits per heavy atom. The first kappa shape index (κ1) is 8.21. The van der Waals surface area contributed by atoms with Crippen LogP contribution in [0.3, 0.4) is 0 Å². The predicted molar refractivity (Wildman–Crippen MR) is 44.2 cm³/mol. The molecule has 0 fully saturated rings. The SMILES string of the molecule is Cc1cc([CH]CO)cc(C)n1. The van der Waals surface area contributed by atoms with Gasteiger partial charge in [0, 0.05) is 17.8 Å². The molecule has 2 heteroatoms. The van der Waals surface area contributed by atoms with E-state index in [1.807, 2.05) is 26.0 Å². The van der Waals surface area contributed by atoms with Crippen molar-refractivity contribution < 1.29 is 5.11 Å². The summed E-state index contributed by atoms with van der Waals surface area (Å²) >= 11 is 0. The van der Waals surface area contributed by atoms with E-state index in [0.29, 0.717) is 0 Å². The molecule has 11 heavy (non-hydrogen) atoms. The Bertz CT molecular complexity index is 225. The number of aryl methyl sites for hydroxylation is 2. The van der Waals surface area contributed by atoms with Crippen LogP contribution in [0.2, 0.25) is 0 Å². The average molecular weight is 150 g/mol. The molecule has 0 aromatic carbocycles. The van der Waals surface area contributed by atoms with Gasteiger partial charge in [0.2, 0.25) is 0 Å². The normalized spacial score (nSPS) is 10.1. The van der Waals surface area contributed by atoms with Gasteiger partial charge >= 0.3 is 0 Å². The Kier molecular flexibility index (Phi) is 2.60. The third kappa shape index (κ3) is 2.31. The van der Waals surface area contributed by atoms with Crippen molar-refractivity contribution in [1.29, 1.82) is 0 Å². The second-order valence-corrected chi connectivity index (χ2v) is 2.57. The Balaban J connectivity index is 2.89. The van der Waals surface area contributed by atoms with Crippen LogP contribution in [0.1, 0.15) is 17.0 Å². The molecule has 0 atom stereocenters. The lowest BCUT2D eigenvalue weighted by molar-refractivity contribution is 0.331. The number of pyridine rings is 1. The van der Waals surface area contributed by atoms with Gasteiger partial charge in [-0.25, -0.2) is 0 Å². The second kappa shape index (κ2) is 3.49. The first-order valence-electron chi connectivity index (χ1n) is 3.62. The molecule has 0 aliphatic rings. The van der Waals surface area contributed by atoms with Crippen LogP contribution in [0.25, 0.3) is 0 Å². The molecule has 1 radical (unpaired) electrons. The van der Waals surface area contributed by atoms with Crippen LogP contribution in [0.4, 0.5) is 0 Å². The lowest BCUT2D eigenvalue weighted by Gasteiger charge is -2.00. The zero-order valence-corrected chi connectivity index (χ0v) is 6.83. The number of aromatic nitrogens is 1. The summed E-state index contributed by atoms with van der Waals surface area (Å²) in [5, 5.41) is 8.63. The van der Waals surface area contributed by atoms with Gasteiger partial charge in [-0.1, -0.05) is 0 Å². The molecule has 0 aliphatic carbocycles. The Morgan fingerprint density at radius 3 is 2.36 bits per heavy atom. The molecule has 1 heterocycles. The first-order valence-corrected chi connectivity index (χ1v) is 3.62. The van der Waals surface area contributed by atoms with Crippen LogP contribution in [0, 0.1) is 20.3 Å². The molecule has 0 bridgehead atoms. The number of rotatable bonds is 2. The molecule has 0 unspecified atom stereocenters. The van der Waals surface area contributed by atoms with Gasteiger partial charge in [-0.05, 0) is 31.5 Å². The number of hydrogen-bond acceptors (Lipinski definition) is 2. The van der Waals surface area contributed by atoms with E-state index < -0.39 is 0 Å². The highest BCUT2D eigenvalue weighted by molar-refractivity contribution is 5.26. The number of hydrogen-bond donors (Lipinski definition) is 1. The highest BCUT2D eigenvalue weighted by Gasteiger charge is 1.95. The highest BCUT2D eigenvalue weighted by Crippen LogP contribution is 2.06. The fourth-order valence-corrected chi connectivity index (χ4v) is 1.09. The van der Waals surface area contributed by atoms with Gasteiger partial charge in [-0.15, -0.1) is 0 Å². The molecular weight excluding hydrogens is 138 g/mol. The van der Waals surface area contributed by atoms with Gasteiger partial charge < -0.3 is 5.11 Å². The van der Waals surface area contributed by atoms with E-state index in [1.165, 1.54) is 0 Å². The fraction of sp³-hybridized carbons (Fsp3) is 0.333. The van der Waals surface area contributed by atoms with E-state index in [9.17, 15) is 0 Å². The van der Waals surface area contributed by atoms with E-state index >= 15 is 0 Å². The van der Waals surface area contributed by atoms with Crippen molar-refractivity contribution >= 4 is 0 Å². The summed E-state index contributed by atoms with van der Waals surface area (Å²) in [6.07, 6.45) is 1.77. The molecule has 1 N–H and O–H groups in total. The van der Waals surface area contributed by atoms with Crippen LogP contribution >= 0.6 is 0 Å². The minimum atomic E-state index is 0.0862. The topological polar surface area (TPSA) is 33.1 Å². The standard InChI is InChI=1S/C9H12NO/c1-7-5-9(3-4-11)6-8(2)10-7/h3,5-6,11H,4H2,1-2H3. The van der Waals surface area contributed by atoms with Crippen molar-refractivity contribution in [2.75, 3.05) is 6.61 Å². The molecule has 0 spiro atoms. The molecule has 2 nitrogen and oxygen atoms in total. The van der Waals surface area contributed by atoms with Crippen LogP contribution in [-0.4, -0.2) is 16.7 Å². The van der Waals surface area contributed by atoms with Crippen molar-refractivity contribution in [2.45, 2.75) is 13.8 Å². The molecular formula is C9H12NO. The summed E-state index contributed by atoms with van der Waals surface area (Å²) in [5.41, 5.74) is 3.02. The maximum absolute atomic E-state index is 8.63. The number of aliphatic hydroxyl groups excluding tert-OH is 1. The van der Waals surface area contributed by atoms with Crippen molar-refractivity contribution in [3.63, 3.8) is 0 Å². The molecule has 0 saturated carbocycles. The summed E-state index contributed by atoms with van der Waals surface area (Å²) in [6.45, 7) is 3.98. The molecule has 0 aliphatic heterocycles. The summed E-state index contributed by atoms with van der Waals surface area (Å²) in [7, 11) is 0. The quantitative estimate of drug-likeness (QED) is 0.688. The van der Waals surface area contributed by atoms with Gasteiger partial charge in [0.25, 0.3) is 0 Å². The molecule has 1 rings (SSSR count). The Labute approximate surface area is 66.9 Å². The van der Waals surface area contributed by atoms with Gasteiger partial charge in [-0.3, -0.25) is 4.98 Å². The van der Waals surface area contributed by atoms with Crippen molar-refractivity contribution in [2.24, 2.45) is 0 Å². The van der Waals surface area contributed by atoms with Crippen LogP contribution in [-0.2, 0) is 0 Å². The Hall–Kier alpha value is -0.890. The average Bonchev–Trinajstić information content (AvgIpc) is 1.85. The molecule has 1 aromatic heterocycles. The molecule has 1 aromatic rings. The van der Waals surface area contributed by atoms with E-state index in [4.69, 9.17) is 5.11 Å². The van der Waals surface area contributed by atoms with Gasteiger partial charge in [0.1, 0.15) is 0 Å². The van der Waals surface area contributed by atoms with E-state index in [2.05, 4.69) is 4.98 Å². The lowest BCUT2D eigenvalue weighted by atomic mass is 10.1. The summed E-state index contributed by atoms with van der Waals surface area (Å²) < 4.78 is 0. The van der Waals surface area contributed by atoms with Crippen molar-refractivity contribution in [3.8, 4) is 0 Å². The lowest BCUT2D eigenvalue weighted by Crippen LogP contribution is -1.92. The minimum absolute atomic E-state index is 0.0862. The number of nitrogens with zero attached hydrogens (tertiary/aromatic N) is 1. The molecule has 0 amide bonds. The maximum atomic E-state index is 8.63. The molecule has 0 saturated heterocycles. The second-order valence-electron chi connectivity index (χ2n) is 2.57. The minimum Gasteiger partial charge on any atom is -0.396 e. The third-order valence-electron chi connectivity index (χ3n) is 1.43. The third-order valence-corrected chi connectivity index (χ3v) is 1.43. The summed E-state index contributed by atoms with van der Waals surface area (Å²) in [5.74, 6) is 0. The maximum Gasteiger partial charge on any atom is 0.0506 e. The Morgan fingerprint density at radius 2 is 1.91 bits per heavy atom. The smallest absolute Gasteiger partial charge is 0.0506 e. The van der Waals surface area contributed by atoms with Crippen LogP contribution in [0.15, 0.2) is 12.1 Å². The zero-order valence-electron chi connectivity index (χ0n) is 6.83. The van der Waals surface area contributed by atoms with E-state index in [1.54, 1.807) is 6.42 Å². The van der Waals surface area contributed by atoms with E-state index in [0.717, 1.165) is 17.0 Å². The monoisotopic (exact) mass is 150 g/mol. The largest absolute Gasteiger partial charge is 0.396 e. The van der Waals surface area contributed by atoms with Crippen molar-refractivity contribution in [3.05, 3.63) is 35.5 Å². The first-order chi connectivity index (χ1) is 5.22. The number of aliphatic hydroxyl groups is 1. The highest BCUT2D eigenvalue weighted by atomic mass is 16.2. The predicted octanol–water partition coefficient (Wildman–Crippen LogP) is 1.24.